The molecule has 1 aromatic carbocycles. The number of benzene rings is 1. The minimum atomic E-state index is -0.499. The van der Waals surface area contributed by atoms with E-state index in [0.717, 1.165) is 0 Å². The highest BCUT2D eigenvalue weighted by atomic mass is 16.6. The summed E-state index contributed by atoms with van der Waals surface area (Å²) < 4.78 is 10.7. The highest BCUT2D eigenvalue weighted by Crippen LogP contribution is 2.39. The Kier molecular flexibility index (Phi) is 2.42. The van der Waals surface area contributed by atoms with Gasteiger partial charge in [-0.1, -0.05) is 6.07 Å². The van der Waals surface area contributed by atoms with Crippen LogP contribution in [-0.4, -0.2) is 24.2 Å². The van der Waals surface area contributed by atoms with Gasteiger partial charge in [0.1, 0.15) is 12.7 Å². The van der Waals surface area contributed by atoms with Crippen molar-refractivity contribution in [2.24, 2.45) is 5.73 Å². The van der Waals surface area contributed by atoms with Gasteiger partial charge in [-0.2, -0.15) is 0 Å². The molecule has 1 aromatic rings. The Hall–Kier alpha value is -1.82. The lowest BCUT2D eigenvalue weighted by molar-refractivity contribution is -0.386. The Bertz CT molecular complexity index is 394. The number of nitro groups is 1. The zero-order valence-corrected chi connectivity index (χ0v) is 7.88. The van der Waals surface area contributed by atoms with E-state index in [1.807, 2.05) is 0 Å². The molecule has 6 nitrogen and oxygen atoms in total. The smallest absolute Gasteiger partial charge is 0.314 e. The van der Waals surface area contributed by atoms with Gasteiger partial charge < -0.3 is 15.2 Å². The monoisotopic (exact) mass is 210 g/mol. The van der Waals surface area contributed by atoms with Crippen molar-refractivity contribution in [2.45, 2.75) is 6.10 Å². The molecule has 1 aliphatic rings. The van der Waals surface area contributed by atoms with Gasteiger partial charge in [-0.3, -0.25) is 10.1 Å². The van der Waals surface area contributed by atoms with Crippen LogP contribution in [0.1, 0.15) is 0 Å². The lowest BCUT2D eigenvalue weighted by atomic mass is 10.2. The van der Waals surface area contributed by atoms with Gasteiger partial charge >= 0.3 is 5.69 Å². The molecule has 0 saturated carbocycles. The number of rotatable bonds is 2. The van der Waals surface area contributed by atoms with Gasteiger partial charge in [-0.25, -0.2) is 0 Å². The van der Waals surface area contributed by atoms with E-state index in [-0.39, 0.29) is 24.1 Å². The highest BCUT2D eigenvalue weighted by molar-refractivity contribution is 5.56. The molecule has 0 saturated heterocycles. The molecule has 0 spiro atoms. The molecule has 2 rings (SSSR count). The van der Waals surface area contributed by atoms with E-state index in [9.17, 15) is 10.1 Å². The van der Waals surface area contributed by atoms with Gasteiger partial charge in [0.15, 0.2) is 5.75 Å². The van der Waals surface area contributed by atoms with Crippen molar-refractivity contribution in [1.29, 1.82) is 0 Å². The van der Waals surface area contributed by atoms with Crippen LogP contribution in [0.5, 0.6) is 11.5 Å². The zero-order chi connectivity index (χ0) is 10.8. The molecule has 0 bridgehead atoms. The van der Waals surface area contributed by atoms with Crippen LogP contribution in [0.15, 0.2) is 18.2 Å². The summed E-state index contributed by atoms with van der Waals surface area (Å²) in [5.41, 5.74) is 5.32. The molecular weight excluding hydrogens is 200 g/mol. The summed E-state index contributed by atoms with van der Waals surface area (Å²) in [5.74, 6) is 0.568. The lowest BCUT2D eigenvalue weighted by Crippen LogP contribution is -2.35. The lowest BCUT2D eigenvalue weighted by Gasteiger charge is -2.24. The van der Waals surface area contributed by atoms with Crippen LogP contribution in [0.4, 0.5) is 5.69 Å². The Morgan fingerprint density at radius 2 is 2.40 bits per heavy atom. The Labute approximate surface area is 85.7 Å². The van der Waals surface area contributed by atoms with Gasteiger partial charge in [0.05, 0.1) is 4.92 Å². The molecule has 1 unspecified atom stereocenters. The maximum Gasteiger partial charge on any atom is 0.314 e. The molecule has 6 heteroatoms. The third-order valence-corrected chi connectivity index (χ3v) is 2.13. The van der Waals surface area contributed by atoms with E-state index in [0.29, 0.717) is 12.4 Å². The third kappa shape index (κ3) is 1.71. The SMILES string of the molecule is NCC1COc2cccc([N+](=O)[O-])c2O1. The van der Waals surface area contributed by atoms with Gasteiger partial charge in [-0.15, -0.1) is 0 Å². The van der Waals surface area contributed by atoms with Crippen molar-refractivity contribution in [3.05, 3.63) is 28.3 Å². The largest absolute Gasteiger partial charge is 0.485 e. The summed E-state index contributed by atoms with van der Waals surface area (Å²) >= 11 is 0. The number of ether oxygens (including phenoxy) is 2. The number of hydrogen-bond acceptors (Lipinski definition) is 5. The third-order valence-electron chi connectivity index (χ3n) is 2.13. The minimum absolute atomic E-state index is 0.0920. The molecule has 0 amide bonds. The molecule has 80 valence electrons. The molecule has 0 radical (unpaired) electrons. The van der Waals surface area contributed by atoms with Crippen molar-refractivity contribution < 1.29 is 14.4 Å². The van der Waals surface area contributed by atoms with Crippen LogP contribution in [0.3, 0.4) is 0 Å². The molecule has 1 heterocycles. The molecule has 2 N–H and O–H groups in total. The number of hydrogen-bond donors (Lipinski definition) is 1. The van der Waals surface area contributed by atoms with Crippen LogP contribution >= 0.6 is 0 Å². The summed E-state index contributed by atoms with van der Waals surface area (Å²) in [6.45, 7) is 0.593. The van der Waals surface area contributed by atoms with Gasteiger partial charge in [0.2, 0.25) is 5.75 Å². The maximum absolute atomic E-state index is 10.7. The molecule has 0 fully saturated rings. The average Bonchev–Trinajstić information content (AvgIpc) is 2.27. The fourth-order valence-corrected chi connectivity index (χ4v) is 1.38. The Morgan fingerprint density at radius 1 is 1.60 bits per heavy atom. The quantitative estimate of drug-likeness (QED) is 0.573. The van der Waals surface area contributed by atoms with Crippen molar-refractivity contribution in [1.82, 2.24) is 0 Å². The minimum Gasteiger partial charge on any atom is -0.485 e. The summed E-state index contributed by atoms with van der Waals surface area (Å²) in [6, 6.07) is 4.57. The summed E-state index contributed by atoms with van der Waals surface area (Å²) in [5, 5.41) is 10.7. The van der Waals surface area contributed by atoms with Crippen molar-refractivity contribution >= 4 is 5.69 Å². The fourth-order valence-electron chi connectivity index (χ4n) is 1.38. The van der Waals surface area contributed by atoms with Crippen molar-refractivity contribution in [3.63, 3.8) is 0 Å². The van der Waals surface area contributed by atoms with E-state index in [1.165, 1.54) is 6.07 Å². The van der Waals surface area contributed by atoms with Gasteiger partial charge in [0.25, 0.3) is 0 Å². The molecule has 0 aliphatic carbocycles. The van der Waals surface area contributed by atoms with E-state index in [2.05, 4.69) is 0 Å². The second-order valence-corrected chi connectivity index (χ2v) is 3.15. The van der Waals surface area contributed by atoms with E-state index >= 15 is 0 Å². The second-order valence-electron chi connectivity index (χ2n) is 3.15. The summed E-state index contributed by atoms with van der Waals surface area (Å²) in [7, 11) is 0. The maximum atomic E-state index is 10.7. The highest BCUT2D eigenvalue weighted by Gasteiger charge is 2.27. The Balaban J connectivity index is 2.40. The van der Waals surface area contributed by atoms with Crippen molar-refractivity contribution in [3.8, 4) is 11.5 Å². The van der Waals surface area contributed by atoms with Crippen LogP contribution in [0, 0.1) is 10.1 Å². The predicted octanol–water partition coefficient (Wildman–Crippen LogP) is 0.693. The second kappa shape index (κ2) is 3.74. The van der Waals surface area contributed by atoms with Gasteiger partial charge in [0, 0.05) is 12.6 Å². The average molecular weight is 210 g/mol. The molecule has 15 heavy (non-hydrogen) atoms. The van der Waals surface area contributed by atoms with Crippen LogP contribution < -0.4 is 15.2 Å². The first-order valence-corrected chi connectivity index (χ1v) is 4.49. The number of nitro benzene ring substituents is 1. The Morgan fingerprint density at radius 3 is 3.07 bits per heavy atom. The van der Waals surface area contributed by atoms with E-state index in [1.54, 1.807) is 12.1 Å². The summed E-state index contributed by atoms with van der Waals surface area (Å²) in [4.78, 5) is 10.2. The topological polar surface area (TPSA) is 87.6 Å². The molecular formula is C9H10N2O4. The van der Waals surface area contributed by atoms with Gasteiger partial charge in [-0.05, 0) is 6.07 Å². The number of para-hydroxylation sites is 1. The predicted molar refractivity (Wildman–Crippen MR) is 52.1 cm³/mol. The van der Waals surface area contributed by atoms with E-state index < -0.39 is 4.92 Å². The normalized spacial score (nSPS) is 18.6. The van der Waals surface area contributed by atoms with Crippen LogP contribution in [0.25, 0.3) is 0 Å². The summed E-state index contributed by atoms with van der Waals surface area (Å²) in [6.07, 6.45) is -0.321. The first-order valence-electron chi connectivity index (χ1n) is 4.49. The molecule has 1 atom stereocenters. The van der Waals surface area contributed by atoms with Crippen molar-refractivity contribution in [2.75, 3.05) is 13.2 Å². The first kappa shape index (κ1) is 9.72. The fraction of sp³-hybridized carbons (Fsp3) is 0.333. The zero-order valence-electron chi connectivity index (χ0n) is 7.88. The van der Waals surface area contributed by atoms with Crippen LogP contribution in [0.2, 0.25) is 0 Å². The standard InChI is InChI=1S/C9H10N2O4/c10-4-6-5-14-8-3-1-2-7(11(12)13)9(8)15-6/h1-3,6H,4-5,10H2. The van der Waals surface area contributed by atoms with E-state index in [4.69, 9.17) is 15.2 Å². The number of fused-ring (bicyclic) bond motifs is 1. The molecule has 1 aliphatic heterocycles. The van der Waals surface area contributed by atoms with Crippen LogP contribution in [-0.2, 0) is 0 Å². The first-order chi connectivity index (χ1) is 7.22. The number of nitrogens with zero attached hydrogens (tertiary/aromatic N) is 1. The number of nitrogens with two attached hydrogens (primary N) is 1. The molecule has 0 aromatic heterocycles.